The van der Waals surface area contributed by atoms with Crippen LogP contribution in [-0.4, -0.2) is 60.9 Å². The Morgan fingerprint density at radius 1 is 1.18 bits per heavy atom. The molecule has 0 saturated carbocycles. The molecule has 0 saturated heterocycles. The fraction of sp³-hybridized carbons (Fsp3) is 0.727. The van der Waals surface area contributed by atoms with Crippen molar-refractivity contribution >= 4 is 17.8 Å². The van der Waals surface area contributed by atoms with E-state index in [0.717, 1.165) is 0 Å². The van der Waals surface area contributed by atoms with Gasteiger partial charge < -0.3 is 14.5 Å². The molecule has 0 aliphatic heterocycles. The van der Waals surface area contributed by atoms with Crippen LogP contribution in [0.1, 0.15) is 20.8 Å². The van der Waals surface area contributed by atoms with Crippen molar-refractivity contribution in [1.29, 1.82) is 0 Å². The van der Waals surface area contributed by atoms with Crippen LogP contribution >= 0.6 is 0 Å². The summed E-state index contributed by atoms with van der Waals surface area (Å²) in [6, 6.07) is 0. The van der Waals surface area contributed by atoms with E-state index in [2.05, 4.69) is 4.74 Å². The Hall–Kier alpha value is -1.59. The van der Waals surface area contributed by atoms with E-state index in [0.29, 0.717) is 0 Å². The van der Waals surface area contributed by atoms with Crippen molar-refractivity contribution in [3.63, 3.8) is 0 Å². The molecule has 0 heterocycles. The number of methoxy groups -OCH3 is 1. The van der Waals surface area contributed by atoms with Crippen LogP contribution in [0.5, 0.6) is 0 Å². The monoisotopic (exact) mass is 244 g/mol. The Labute approximate surface area is 102 Å². The molecular weight excluding hydrogens is 224 g/mol. The summed E-state index contributed by atoms with van der Waals surface area (Å²) < 4.78 is 4.48. The molecule has 0 N–H and O–H groups in total. The van der Waals surface area contributed by atoms with Crippen LogP contribution in [0.4, 0.5) is 0 Å². The molecule has 0 radical (unpaired) electrons. The number of carbonyl (C=O) groups is 3. The van der Waals surface area contributed by atoms with E-state index in [4.69, 9.17) is 0 Å². The summed E-state index contributed by atoms with van der Waals surface area (Å²) in [6.07, 6.45) is 0. The zero-order chi connectivity index (χ0) is 13.8. The van der Waals surface area contributed by atoms with Gasteiger partial charge in [-0.2, -0.15) is 0 Å². The van der Waals surface area contributed by atoms with Gasteiger partial charge in [0.05, 0.1) is 7.11 Å². The molecule has 0 aromatic heterocycles. The molecule has 0 unspecified atom stereocenters. The van der Waals surface area contributed by atoms with Gasteiger partial charge in [0.2, 0.25) is 11.8 Å². The van der Waals surface area contributed by atoms with Crippen LogP contribution in [0.3, 0.4) is 0 Å². The van der Waals surface area contributed by atoms with Gasteiger partial charge >= 0.3 is 5.97 Å². The zero-order valence-electron chi connectivity index (χ0n) is 11.2. The number of esters is 1. The number of carbonyl (C=O) groups excluding carboxylic acids is 3. The Morgan fingerprint density at radius 3 is 2.00 bits per heavy atom. The second-order valence-corrected chi connectivity index (χ2v) is 4.37. The minimum Gasteiger partial charge on any atom is -0.468 e. The summed E-state index contributed by atoms with van der Waals surface area (Å²) in [7, 11) is 4.30. The van der Waals surface area contributed by atoms with Crippen molar-refractivity contribution in [1.82, 2.24) is 9.80 Å². The van der Waals surface area contributed by atoms with Gasteiger partial charge in [-0.1, -0.05) is 0 Å². The maximum Gasteiger partial charge on any atom is 0.325 e. The first-order chi connectivity index (χ1) is 7.64. The molecule has 98 valence electrons. The maximum absolute atomic E-state index is 12.1. The maximum atomic E-state index is 12.1. The van der Waals surface area contributed by atoms with Gasteiger partial charge in [0, 0.05) is 21.0 Å². The van der Waals surface area contributed by atoms with Crippen LogP contribution in [0.25, 0.3) is 0 Å². The molecule has 0 bridgehead atoms. The lowest BCUT2D eigenvalue weighted by atomic mass is 10.0. The van der Waals surface area contributed by atoms with Gasteiger partial charge in [-0.05, 0) is 13.8 Å². The normalized spacial score (nSPS) is 10.7. The third-order valence-electron chi connectivity index (χ3n) is 2.77. The Balaban J connectivity index is 4.79. The van der Waals surface area contributed by atoms with Gasteiger partial charge in [0.15, 0.2) is 0 Å². The van der Waals surface area contributed by atoms with Crippen LogP contribution in [0, 0.1) is 0 Å². The van der Waals surface area contributed by atoms with Crippen molar-refractivity contribution < 1.29 is 19.1 Å². The van der Waals surface area contributed by atoms with E-state index in [1.165, 1.54) is 30.9 Å². The smallest absolute Gasteiger partial charge is 0.325 e. The van der Waals surface area contributed by atoms with E-state index in [9.17, 15) is 14.4 Å². The van der Waals surface area contributed by atoms with Gasteiger partial charge in [-0.3, -0.25) is 14.4 Å². The Morgan fingerprint density at radius 2 is 1.65 bits per heavy atom. The van der Waals surface area contributed by atoms with Crippen LogP contribution in [-0.2, 0) is 19.1 Å². The second-order valence-electron chi connectivity index (χ2n) is 4.37. The molecule has 0 aromatic rings. The molecule has 0 aliphatic carbocycles. The molecule has 0 fully saturated rings. The molecule has 6 nitrogen and oxygen atoms in total. The highest BCUT2D eigenvalue weighted by atomic mass is 16.5. The summed E-state index contributed by atoms with van der Waals surface area (Å²) in [4.78, 5) is 37.0. The predicted molar refractivity (Wildman–Crippen MR) is 62.2 cm³/mol. The summed E-state index contributed by atoms with van der Waals surface area (Å²) >= 11 is 0. The van der Waals surface area contributed by atoms with Crippen LogP contribution in [0.2, 0.25) is 0 Å². The first-order valence-electron chi connectivity index (χ1n) is 5.21. The molecule has 0 spiro atoms. The summed E-state index contributed by atoms with van der Waals surface area (Å²) in [5, 5.41) is 0. The topological polar surface area (TPSA) is 66.9 Å². The molecule has 17 heavy (non-hydrogen) atoms. The average molecular weight is 244 g/mol. The van der Waals surface area contributed by atoms with Crippen molar-refractivity contribution in [3.8, 4) is 0 Å². The number of rotatable bonds is 4. The highest BCUT2D eigenvalue weighted by Gasteiger charge is 2.36. The first kappa shape index (κ1) is 15.4. The van der Waals surface area contributed by atoms with E-state index in [1.807, 2.05) is 0 Å². The lowest BCUT2D eigenvalue weighted by Gasteiger charge is -2.36. The number of nitrogens with zero attached hydrogens (tertiary/aromatic N) is 2. The first-order valence-corrected chi connectivity index (χ1v) is 5.21. The third kappa shape index (κ3) is 3.72. The number of likely N-dealkylation sites (N-methyl/N-ethyl adjacent to an activating group) is 2. The van der Waals surface area contributed by atoms with Crippen molar-refractivity contribution in [2.45, 2.75) is 26.3 Å². The molecule has 2 amide bonds. The van der Waals surface area contributed by atoms with Gasteiger partial charge in [-0.15, -0.1) is 0 Å². The number of hydrogen-bond acceptors (Lipinski definition) is 4. The van der Waals surface area contributed by atoms with Crippen molar-refractivity contribution in [3.05, 3.63) is 0 Å². The molecule has 0 aliphatic rings. The lowest BCUT2D eigenvalue weighted by molar-refractivity contribution is -0.153. The fourth-order valence-corrected chi connectivity index (χ4v) is 1.33. The largest absolute Gasteiger partial charge is 0.468 e. The van der Waals surface area contributed by atoms with Crippen molar-refractivity contribution in [2.24, 2.45) is 0 Å². The van der Waals surface area contributed by atoms with E-state index >= 15 is 0 Å². The van der Waals surface area contributed by atoms with E-state index < -0.39 is 11.5 Å². The molecule has 6 heteroatoms. The van der Waals surface area contributed by atoms with E-state index in [-0.39, 0.29) is 18.4 Å². The molecular formula is C11H20N2O4. The van der Waals surface area contributed by atoms with Gasteiger partial charge in [-0.25, -0.2) is 0 Å². The number of ether oxygens (including phenoxy) is 1. The van der Waals surface area contributed by atoms with E-state index in [1.54, 1.807) is 20.9 Å². The summed E-state index contributed by atoms with van der Waals surface area (Å²) in [5.41, 5.74) is -0.991. The summed E-state index contributed by atoms with van der Waals surface area (Å²) in [5.74, 6) is -1.03. The SMILES string of the molecule is COC(=O)CN(C)C(=O)C(C)(C)N(C)C(C)=O. The van der Waals surface area contributed by atoms with Crippen LogP contribution < -0.4 is 0 Å². The molecule has 0 atom stereocenters. The predicted octanol–water partition coefficient (Wildman–Crippen LogP) is -0.125. The average Bonchev–Trinajstić information content (AvgIpc) is 2.26. The fourth-order valence-electron chi connectivity index (χ4n) is 1.33. The quantitative estimate of drug-likeness (QED) is 0.646. The second kappa shape index (κ2) is 5.65. The molecule has 0 aromatic carbocycles. The number of hydrogen-bond donors (Lipinski definition) is 0. The lowest BCUT2D eigenvalue weighted by Crippen LogP contribution is -2.56. The van der Waals surface area contributed by atoms with Gasteiger partial charge in [0.25, 0.3) is 0 Å². The minimum atomic E-state index is -0.991. The molecule has 0 rings (SSSR count). The standard InChI is InChI=1S/C11H20N2O4/c1-8(14)13(5)11(2,3)10(16)12(4)7-9(15)17-6/h7H2,1-6H3. The van der Waals surface area contributed by atoms with Crippen molar-refractivity contribution in [2.75, 3.05) is 27.7 Å². The number of amides is 2. The zero-order valence-corrected chi connectivity index (χ0v) is 11.2. The summed E-state index contributed by atoms with van der Waals surface area (Å²) in [6.45, 7) is 4.51. The highest BCUT2D eigenvalue weighted by molar-refractivity contribution is 5.91. The Bertz CT molecular complexity index is 325. The van der Waals surface area contributed by atoms with Crippen LogP contribution in [0.15, 0.2) is 0 Å². The minimum absolute atomic E-state index is 0.134. The Kier molecular flexibility index (Phi) is 5.12. The third-order valence-corrected chi connectivity index (χ3v) is 2.77. The highest BCUT2D eigenvalue weighted by Crippen LogP contribution is 2.15. The van der Waals surface area contributed by atoms with Gasteiger partial charge in [0.1, 0.15) is 12.1 Å².